The standard InChI is InChI=1S/C22H21N3O3S/c1-14(2)28-17-6-4-5-15(11-17)12-27-21-20-19(22(26)25(3)24-21)18(13-29-20)16-7-9-23-10-8-16/h4-11,13-14H,12H2,1-3H3. The molecular weight excluding hydrogens is 386 g/mol. The van der Waals surface area contributed by atoms with Crippen LogP contribution in [0.25, 0.3) is 21.2 Å². The summed E-state index contributed by atoms with van der Waals surface area (Å²) >= 11 is 1.46. The van der Waals surface area contributed by atoms with Crippen molar-refractivity contribution in [3.05, 3.63) is 70.1 Å². The van der Waals surface area contributed by atoms with E-state index in [1.807, 2.05) is 55.6 Å². The van der Waals surface area contributed by atoms with E-state index in [4.69, 9.17) is 9.47 Å². The molecule has 4 rings (SSSR count). The number of hydrogen-bond donors (Lipinski definition) is 0. The molecule has 1 aromatic carbocycles. The van der Waals surface area contributed by atoms with Gasteiger partial charge in [0.15, 0.2) is 0 Å². The molecule has 4 aromatic rings. The normalized spacial score (nSPS) is 11.2. The number of rotatable bonds is 6. The summed E-state index contributed by atoms with van der Waals surface area (Å²) in [6.07, 6.45) is 3.54. The zero-order valence-electron chi connectivity index (χ0n) is 16.5. The molecule has 0 saturated heterocycles. The minimum absolute atomic E-state index is 0.105. The van der Waals surface area contributed by atoms with E-state index in [0.717, 1.165) is 27.1 Å². The van der Waals surface area contributed by atoms with Gasteiger partial charge in [-0.05, 0) is 49.2 Å². The molecule has 3 heterocycles. The number of aromatic nitrogens is 3. The highest BCUT2D eigenvalue weighted by Gasteiger charge is 2.17. The Kier molecular flexibility index (Phi) is 5.31. The summed E-state index contributed by atoms with van der Waals surface area (Å²) in [4.78, 5) is 16.8. The van der Waals surface area contributed by atoms with Crippen LogP contribution in [0.2, 0.25) is 0 Å². The van der Waals surface area contributed by atoms with Gasteiger partial charge in [0.05, 0.1) is 11.5 Å². The number of hydrogen-bond acceptors (Lipinski definition) is 6. The summed E-state index contributed by atoms with van der Waals surface area (Å²) in [7, 11) is 1.64. The SMILES string of the molecule is CC(C)Oc1cccc(COc2nn(C)c(=O)c3c(-c4ccncc4)csc23)c1. The molecule has 0 bridgehead atoms. The van der Waals surface area contributed by atoms with E-state index >= 15 is 0 Å². The van der Waals surface area contributed by atoms with E-state index in [-0.39, 0.29) is 11.7 Å². The third-order valence-electron chi connectivity index (χ3n) is 4.37. The first kappa shape index (κ1) is 19.1. The maximum absolute atomic E-state index is 12.8. The number of ether oxygens (including phenoxy) is 2. The largest absolute Gasteiger partial charge is 0.491 e. The molecule has 0 aliphatic rings. The van der Waals surface area contributed by atoms with Crippen molar-refractivity contribution < 1.29 is 9.47 Å². The van der Waals surface area contributed by atoms with Crippen LogP contribution in [0.5, 0.6) is 11.6 Å². The quantitative estimate of drug-likeness (QED) is 0.473. The van der Waals surface area contributed by atoms with E-state index in [1.165, 1.54) is 16.0 Å². The van der Waals surface area contributed by atoms with Crippen molar-refractivity contribution in [3.8, 4) is 22.8 Å². The van der Waals surface area contributed by atoms with Gasteiger partial charge >= 0.3 is 0 Å². The Morgan fingerprint density at radius 3 is 2.72 bits per heavy atom. The Bertz CT molecular complexity index is 1200. The lowest BCUT2D eigenvalue weighted by atomic mass is 10.1. The molecule has 0 radical (unpaired) electrons. The van der Waals surface area contributed by atoms with Gasteiger partial charge in [0.25, 0.3) is 5.56 Å². The summed E-state index contributed by atoms with van der Waals surface area (Å²) in [5.41, 5.74) is 2.64. The van der Waals surface area contributed by atoms with Gasteiger partial charge in [-0.2, -0.15) is 0 Å². The first-order chi connectivity index (χ1) is 14.0. The van der Waals surface area contributed by atoms with Crippen molar-refractivity contribution in [3.63, 3.8) is 0 Å². The lowest BCUT2D eigenvalue weighted by molar-refractivity contribution is 0.240. The van der Waals surface area contributed by atoms with E-state index in [0.29, 0.717) is 17.9 Å². The molecule has 0 aliphatic carbocycles. The maximum atomic E-state index is 12.8. The van der Waals surface area contributed by atoms with Crippen molar-refractivity contribution in [2.75, 3.05) is 0 Å². The van der Waals surface area contributed by atoms with Gasteiger partial charge in [0.1, 0.15) is 17.1 Å². The average molecular weight is 407 g/mol. The van der Waals surface area contributed by atoms with Crippen LogP contribution in [-0.4, -0.2) is 20.9 Å². The van der Waals surface area contributed by atoms with Crippen molar-refractivity contribution >= 4 is 21.4 Å². The fraction of sp³-hybridized carbons (Fsp3) is 0.227. The zero-order valence-corrected chi connectivity index (χ0v) is 17.3. The summed E-state index contributed by atoms with van der Waals surface area (Å²) in [6.45, 7) is 4.31. The highest BCUT2D eigenvalue weighted by atomic mass is 32.1. The lowest BCUT2D eigenvalue weighted by Gasteiger charge is -2.12. The van der Waals surface area contributed by atoms with Gasteiger partial charge in [0, 0.05) is 30.4 Å². The first-order valence-electron chi connectivity index (χ1n) is 9.30. The topological polar surface area (TPSA) is 66.2 Å². The van der Waals surface area contributed by atoms with Gasteiger partial charge in [-0.15, -0.1) is 16.4 Å². The molecule has 0 fully saturated rings. The van der Waals surface area contributed by atoms with Crippen molar-refractivity contribution in [2.24, 2.45) is 7.05 Å². The Morgan fingerprint density at radius 2 is 1.97 bits per heavy atom. The fourth-order valence-electron chi connectivity index (χ4n) is 3.09. The Morgan fingerprint density at radius 1 is 1.17 bits per heavy atom. The predicted octanol–water partition coefficient (Wildman–Crippen LogP) is 4.42. The molecule has 7 heteroatoms. The van der Waals surface area contributed by atoms with Crippen LogP contribution in [0.4, 0.5) is 0 Å². The molecule has 0 aliphatic heterocycles. The second kappa shape index (κ2) is 8.05. The second-order valence-electron chi connectivity index (χ2n) is 6.93. The van der Waals surface area contributed by atoms with Crippen LogP contribution in [0.3, 0.4) is 0 Å². The van der Waals surface area contributed by atoms with Crippen molar-refractivity contribution in [2.45, 2.75) is 26.6 Å². The second-order valence-corrected chi connectivity index (χ2v) is 7.81. The number of aryl methyl sites for hydroxylation is 1. The van der Waals surface area contributed by atoms with Crippen molar-refractivity contribution in [1.29, 1.82) is 0 Å². The number of pyridine rings is 1. The molecule has 6 nitrogen and oxygen atoms in total. The Balaban J connectivity index is 1.68. The Hall–Kier alpha value is -3.19. The fourth-order valence-corrected chi connectivity index (χ4v) is 4.09. The van der Waals surface area contributed by atoms with E-state index in [1.54, 1.807) is 19.4 Å². The van der Waals surface area contributed by atoms with E-state index in [2.05, 4.69) is 10.1 Å². The molecule has 29 heavy (non-hydrogen) atoms. The molecule has 3 aromatic heterocycles. The van der Waals surface area contributed by atoms with Crippen LogP contribution in [0, 0.1) is 0 Å². The van der Waals surface area contributed by atoms with E-state index in [9.17, 15) is 4.79 Å². The monoisotopic (exact) mass is 407 g/mol. The first-order valence-corrected chi connectivity index (χ1v) is 10.2. The number of thiophene rings is 1. The lowest BCUT2D eigenvalue weighted by Crippen LogP contribution is -2.20. The third-order valence-corrected chi connectivity index (χ3v) is 5.34. The van der Waals surface area contributed by atoms with Gasteiger partial charge in [-0.3, -0.25) is 9.78 Å². The highest BCUT2D eigenvalue weighted by Crippen LogP contribution is 2.35. The third kappa shape index (κ3) is 4.00. The predicted molar refractivity (Wildman–Crippen MR) is 115 cm³/mol. The highest BCUT2D eigenvalue weighted by molar-refractivity contribution is 7.18. The van der Waals surface area contributed by atoms with Gasteiger partial charge in [-0.1, -0.05) is 12.1 Å². The summed E-state index contributed by atoms with van der Waals surface area (Å²) < 4.78 is 13.8. The average Bonchev–Trinajstić information content (AvgIpc) is 3.16. The zero-order chi connectivity index (χ0) is 20.4. The van der Waals surface area contributed by atoms with Crippen LogP contribution in [-0.2, 0) is 13.7 Å². The van der Waals surface area contributed by atoms with Gasteiger partial charge < -0.3 is 9.47 Å². The molecule has 148 valence electrons. The molecule has 0 unspecified atom stereocenters. The van der Waals surface area contributed by atoms with Crippen LogP contribution < -0.4 is 15.0 Å². The van der Waals surface area contributed by atoms with Crippen molar-refractivity contribution in [1.82, 2.24) is 14.8 Å². The van der Waals surface area contributed by atoms with E-state index < -0.39 is 0 Å². The van der Waals surface area contributed by atoms with Crippen LogP contribution in [0.15, 0.2) is 59.0 Å². The number of benzene rings is 1. The minimum atomic E-state index is -0.146. The molecule has 0 N–H and O–H groups in total. The van der Waals surface area contributed by atoms with Crippen LogP contribution >= 0.6 is 11.3 Å². The molecule has 0 saturated carbocycles. The van der Waals surface area contributed by atoms with Gasteiger partial charge in [0.2, 0.25) is 5.88 Å². The number of fused-ring (bicyclic) bond motifs is 1. The molecule has 0 amide bonds. The van der Waals surface area contributed by atoms with Crippen LogP contribution in [0.1, 0.15) is 19.4 Å². The molecule has 0 spiro atoms. The summed E-state index contributed by atoms with van der Waals surface area (Å²) in [6, 6.07) is 11.6. The summed E-state index contributed by atoms with van der Waals surface area (Å²) in [5.74, 6) is 1.25. The molecular formula is C22H21N3O3S. The summed E-state index contributed by atoms with van der Waals surface area (Å²) in [5, 5.41) is 6.92. The minimum Gasteiger partial charge on any atom is -0.491 e. The smallest absolute Gasteiger partial charge is 0.276 e. The molecule has 0 atom stereocenters. The maximum Gasteiger partial charge on any atom is 0.276 e. The Labute approximate surface area is 172 Å². The van der Waals surface area contributed by atoms with Gasteiger partial charge in [-0.25, -0.2) is 4.68 Å². The number of nitrogens with zero attached hydrogens (tertiary/aromatic N) is 3.